The SMILES string of the molecule is COc1ccc(C(O)C2(O)CCCC2)cc1. The van der Waals surface area contributed by atoms with Gasteiger partial charge in [-0.2, -0.15) is 0 Å². The molecule has 1 aliphatic rings. The van der Waals surface area contributed by atoms with Crippen molar-refractivity contribution in [2.45, 2.75) is 37.4 Å². The molecule has 2 rings (SSSR count). The van der Waals surface area contributed by atoms with Gasteiger partial charge in [0.2, 0.25) is 0 Å². The van der Waals surface area contributed by atoms with Crippen LogP contribution in [0.1, 0.15) is 37.4 Å². The van der Waals surface area contributed by atoms with Gasteiger partial charge < -0.3 is 14.9 Å². The van der Waals surface area contributed by atoms with Crippen LogP contribution in [-0.2, 0) is 0 Å². The van der Waals surface area contributed by atoms with E-state index in [1.807, 2.05) is 0 Å². The van der Waals surface area contributed by atoms with Crippen LogP contribution in [0.5, 0.6) is 5.75 Å². The van der Waals surface area contributed by atoms with E-state index in [2.05, 4.69) is 0 Å². The lowest BCUT2D eigenvalue weighted by Crippen LogP contribution is -2.32. The maximum absolute atomic E-state index is 10.3. The van der Waals surface area contributed by atoms with Crippen molar-refractivity contribution >= 4 is 0 Å². The van der Waals surface area contributed by atoms with Gasteiger partial charge in [0.25, 0.3) is 0 Å². The largest absolute Gasteiger partial charge is 0.497 e. The number of rotatable bonds is 3. The number of aliphatic hydroxyl groups excluding tert-OH is 1. The Morgan fingerprint density at radius 2 is 1.75 bits per heavy atom. The van der Waals surface area contributed by atoms with Crippen LogP contribution >= 0.6 is 0 Å². The predicted octanol–water partition coefficient (Wildman–Crippen LogP) is 2.03. The Balaban J connectivity index is 2.16. The first kappa shape index (κ1) is 11.4. The van der Waals surface area contributed by atoms with Crippen LogP contribution in [0.15, 0.2) is 24.3 Å². The highest BCUT2D eigenvalue weighted by Crippen LogP contribution is 2.39. The van der Waals surface area contributed by atoms with E-state index >= 15 is 0 Å². The van der Waals surface area contributed by atoms with Gasteiger partial charge in [0.15, 0.2) is 0 Å². The molecule has 0 radical (unpaired) electrons. The third-order valence-electron chi connectivity index (χ3n) is 3.41. The van der Waals surface area contributed by atoms with E-state index in [1.54, 1.807) is 31.4 Å². The van der Waals surface area contributed by atoms with Gasteiger partial charge in [-0.1, -0.05) is 25.0 Å². The van der Waals surface area contributed by atoms with E-state index in [0.29, 0.717) is 12.8 Å². The lowest BCUT2D eigenvalue weighted by Gasteiger charge is -2.28. The normalized spacial score (nSPS) is 20.7. The molecular formula is C13H18O3. The molecule has 1 aliphatic carbocycles. The van der Waals surface area contributed by atoms with Gasteiger partial charge in [0.1, 0.15) is 11.9 Å². The minimum atomic E-state index is -0.936. The van der Waals surface area contributed by atoms with Crippen molar-refractivity contribution in [3.05, 3.63) is 29.8 Å². The number of methoxy groups -OCH3 is 1. The summed E-state index contributed by atoms with van der Waals surface area (Å²) >= 11 is 0. The molecule has 88 valence electrons. The number of hydrogen-bond acceptors (Lipinski definition) is 3. The number of aliphatic hydroxyl groups is 2. The monoisotopic (exact) mass is 222 g/mol. The summed E-state index contributed by atoms with van der Waals surface area (Å²) in [6.07, 6.45) is 2.55. The van der Waals surface area contributed by atoms with E-state index in [4.69, 9.17) is 4.74 Å². The van der Waals surface area contributed by atoms with Crippen LogP contribution in [0.4, 0.5) is 0 Å². The molecule has 1 aromatic carbocycles. The van der Waals surface area contributed by atoms with Crippen molar-refractivity contribution < 1.29 is 14.9 Å². The molecule has 3 heteroatoms. The van der Waals surface area contributed by atoms with Crippen LogP contribution in [-0.4, -0.2) is 22.9 Å². The molecule has 1 atom stereocenters. The van der Waals surface area contributed by atoms with Crippen LogP contribution in [0.3, 0.4) is 0 Å². The number of hydrogen-bond donors (Lipinski definition) is 2. The summed E-state index contributed by atoms with van der Waals surface area (Å²) < 4.78 is 5.06. The molecule has 16 heavy (non-hydrogen) atoms. The molecule has 2 N–H and O–H groups in total. The van der Waals surface area contributed by atoms with Crippen LogP contribution in [0, 0.1) is 0 Å². The molecule has 0 heterocycles. The molecular weight excluding hydrogens is 204 g/mol. The Morgan fingerprint density at radius 1 is 1.19 bits per heavy atom. The smallest absolute Gasteiger partial charge is 0.118 e. The summed E-state index contributed by atoms with van der Waals surface area (Å²) in [4.78, 5) is 0. The Hall–Kier alpha value is -1.06. The molecule has 3 nitrogen and oxygen atoms in total. The first-order chi connectivity index (χ1) is 7.65. The van der Waals surface area contributed by atoms with Gasteiger partial charge in [-0.05, 0) is 30.5 Å². The highest BCUT2D eigenvalue weighted by atomic mass is 16.5. The van der Waals surface area contributed by atoms with E-state index in [1.165, 1.54) is 0 Å². The second-order valence-electron chi connectivity index (χ2n) is 4.49. The number of benzene rings is 1. The van der Waals surface area contributed by atoms with Gasteiger partial charge >= 0.3 is 0 Å². The van der Waals surface area contributed by atoms with Gasteiger partial charge in [-0.3, -0.25) is 0 Å². The predicted molar refractivity (Wildman–Crippen MR) is 61.4 cm³/mol. The zero-order chi connectivity index (χ0) is 11.6. The number of ether oxygens (including phenoxy) is 1. The van der Waals surface area contributed by atoms with Crippen molar-refractivity contribution in [1.82, 2.24) is 0 Å². The minimum absolute atomic E-state index is 0.681. The van der Waals surface area contributed by atoms with E-state index in [0.717, 1.165) is 24.2 Å². The molecule has 0 aliphatic heterocycles. The van der Waals surface area contributed by atoms with Crippen molar-refractivity contribution in [1.29, 1.82) is 0 Å². The van der Waals surface area contributed by atoms with Crippen LogP contribution < -0.4 is 4.74 Å². The van der Waals surface area contributed by atoms with Gasteiger partial charge in [0, 0.05) is 0 Å². The lowest BCUT2D eigenvalue weighted by atomic mass is 9.89. The summed E-state index contributed by atoms with van der Waals surface area (Å²) in [5, 5.41) is 20.4. The fourth-order valence-corrected chi connectivity index (χ4v) is 2.36. The quantitative estimate of drug-likeness (QED) is 0.822. The van der Waals surface area contributed by atoms with Gasteiger partial charge in [-0.25, -0.2) is 0 Å². The lowest BCUT2D eigenvalue weighted by molar-refractivity contribution is -0.0719. The van der Waals surface area contributed by atoms with Crippen molar-refractivity contribution in [2.24, 2.45) is 0 Å². The van der Waals surface area contributed by atoms with Gasteiger partial charge in [-0.15, -0.1) is 0 Å². The summed E-state index contributed by atoms with van der Waals surface area (Å²) in [7, 11) is 1.61. The molecule has 0 aromatic heterocycles. The van der Waals surface area contributed by atoms with Crippen LogP contribution in [0.2, 0.25) is 0 Å². The van der Waals surface area contributed by atoms with E-state index < -0.39 is 11.7 Å². The molecule has 0 saturated heterocycles. The Labute approximate surface area is 95.7 Å². The Bertz CT molecular complexity index is 339. The highest BCUT2D eigenvalue weighted by Gasteiger charge is 2.39. The zero-order valence-electron chi connectivity index (χ0n) is 9.52. The standard InChI is InChI=1S/C13H18O3/c1-16-11-6-4-10(5-7-11)12(14)13(15)8-2-3-9-13/h4-7,12,14-15H,2-3,8-9H2,1H3. The molecule has 0 bridgehead atoms. The summed E-state index contributed by atoms with van der Waals surface area (Å²) in [5.41, 5.74) is -0.181. The highest BCUT2D eigenvalue weighted by molar-refractivity contribution is 5.29. The molecule has 1 aromatic rings. The summed E-state index contributed by atoms with van der Waals surface area (Å²) in [5.74, 6) is 0.759. The first-order valence-electron chi connectivity index (χ1n) is 5.70. The minimum Gasteiger partial charge on any atom is -0.497 e. The maximum Gasteiger partial charge on any atom is 0.118 e. The van der Waals surface area contributed by atoms with Crippen molar-refractivity contribution in [3.63, 3.8) is 0 Å². The summed E-state index contributed by atoms with van der Waals surface area (Å²) in [6, 6.07) is 7.22. The van der Waals surface area contributed by atoms with E-state index in [-0.39, 0.29) is 0 Å². The van der Waals surface area contributed by atoms with Gasteiger partial charge in [0.05, 0.1) is 12.7 Å². The Kier molecular flexibility index (Phi) is 3.17. The molecule has 1 saturated carbocycles. The zero-order valence-corrected chi connectivity index (χ0v) is 9.52. The summed E-state index contributed by atoms with van der Waals surface area (Å²) in [6.45, 7) is 0. The Morgan fingerprint density at radius 3 is 2.25 bits per heavy atom. The fraction of sp³-hybridized carbons (Fsp3) is 0.538. The third kappa shape index (κ3) is 2.06. The van der Waals surface area contributed by atoms with E-state index in [9.17, 15) is 10.2 Å². The van der Waals surface area contributed by atoms with Crippen molar-refractivity contribution in [2.75, 3.05) is 7.11 Å². The molecule has 1 fully saturated rings. The second-order valence-corrected chi connectivity index (χ2v) is 4.49. The molecule has 1 unspecified atom stereocenters. The first-order valence-corrected chi connectivity index (χ1v) is 5.70. The fourth-order valence-electron chi connectivity index (χ4n) is 2.36. The average molecular weight is 222 g/mol. The molecule has 0 spiro atoms. The van der Waals surface area contributed by atoms with Crippen molar-refractivity contribution in [3.8, 4) is 5.75 Å². The topological polar surface area (TPSA) is 49.7 Å². The van der Waals surface area contributed by atoms with Crippen LogP contribution in [0.25, 0.3) is 0 Å². The average Bonchev–Trinajstić information content (AvgIpc) is 2.77. The molecule has 0 amide bonds. The maximum atomic E-state index is 10.3. The second kappa shape index (κ2) is 4.44. The third-order valence-corrected chi connectivity index (χ3v) is 3.41.